The molecular weight excluding hydrogens is 219 g/mol. The van der Waals surface area contributed by atoms with Crippen LogP contribution in [0.4, 0.5) is 10.1 Å². The van der Waals surface area contributed by atoms with Crippen molar-refractivity contribution in [1.82, 2.24) is 5.32 Å². The highest BCUT2D eigenvalue weighted by atomic mass is 19.1. The van der Waals surface area contributed by atoms with Crippen molar-refractivity contribution in [2.24, 2.45) is 0 Å². The molecule has 0 spiro atoms. The molecule has 1 aromatic carbocycles. The lowest BCUT2D eigenvalue weighted by Gasteiger charge is -2.39. The van der Waals surface area contributed by atoms with E-state index in [1.165, 1.54) is 6.07 Å². The first-order valence-electron chi connectivity index (χ1n) is 5.97. The molecule has 17 heavy (non-hydrogen) atoms. The van der Waals surface area contributed by atoms with Crippen LogP contribution in [-0.4, -0.2) is 32.8 Å². The van der Waals surface area contributed by atoms with Crippen molar-refractivity contribution in [3.8, 4) is 5.75 Å². The molecule has 4 heteroatoms. The van der Waals surface area contributed by atoms with Crippen LogP contribution in [0.15, 0.2) is 18.2 Å². The van der Waals surface area contributed by atoms with Crippen LogP contribution < -0.4 is 15.0 Å². The van der Waals surface area contributed by atoms with Crippen LogP contribution in [0.5, 0.6) is 5.75 Å². The molecule has 2 rings (SSSR count). The van der Waals surface area contributed by atoms with Crippen molar-refractivity contribution in [3.63, 3.8) is 0 Å². The highest BCUT2D eigenvalue weighted by molar-refractivity contribution is 5.61. The smallest absolute Gasteiger partial charge is 0.150 e. The molecular formula is C13H19FN2O. The van der Waals surface area contributed by atoms with Gasteiger partial charge in [0, 0.05) is 7.05 Å². The van der Waals surface area contributed by atoms with Gasteiger partial charge in [0.25, 0.3) is 0 Å². The van der Waals surface area contributed by atoms with Crippen LogP contribution in [-0.2, 0) is 0 Å². The van der Waals surface area contributed by atoms with E-state index in [0.717, 1.165) is 13.0 Å². The number of hydrogen-bond acceptors (Lipinski definition) is 3. The zero-order chi connectivity index (χ0) is 12.4. The zero-order valence-electron chi connectivity index (χ0n) is 10.5. The van der Waals surface area contributed by atoms with Gasteiger partial charge in [-0.05, 0) is 39.1 Å². The molecule has 1 N–H and O–H groups in total. The van der Waals surface area contributed by atoms with Gasteiger partial charge in [-0.15, -0.1) is 0 Å². The summed E-state index contributed by atoms with van der Waals surface area (Å²) < 4.78 is 19.6. The molecule has 2 unspecified atom stereocenters. The summed E-state index contributed by atoms with van der Waals surface area (Å²) in [5.74, 6) is 0.426. The van der Waals surface area contributed by atoms with E-state index in [1.54, 1.807) is 6.07 Å². The molecule has 1 heterocycles. The molecule has 1 aliphatic heterocycles. The van der Waals surface area contributed by atoms with Gasteiger partial charge in [0.05, 0.1) is 6.04 Å². The Kier molecular flexibility index (Phi) is 3.52. The van der Waals surface area contributed by atoms with Crippen molar-refractivity contribution < 1.29 is 9.13 Å². The quantitative estimate of drug-likeness (QED) is 0.872. The van der Waals surface area contributed by atoms with Crippen molar-refractivity contribution in [2.75, 3.05) is 25.5 Å². The topological polar surface area (TPSA) is 24.5 Å². The molecule has 1 aromatic rings. The zero-order valence-corrected chi connectivity index (χ0v) is 10.5. The third-order valence-corrected chi connectivity index (χ3v) is 3.41. The van der Waals surface area contributed by atoms with Gasteiger partial charge in [-0.3, -0.25) is 0 Å². The third kappa shape index (κ3) is 2.22. The van der Waals surface area contributed by atoms with Crippen LogP contribution in [0.1, 0.15) is 13.3 Å². The Morgan fingerprint density at radius 1 is 1.47 bits per heavy atom. The summed E-state index contributed by atoms with van der Waals surface area (Å²) in [6.07, 6.45) is 1.01. The standard InChI is InChI=1S/C13H19FN2O/c1-9-11(7-8-15-2)17-12-6-4-5-10(14)13(12)16(9)3/h4-6,9,11,15H,7-8H2,1-3H3. The lowest BCUT2D eigenvalue weighted by Crippen LogP contribution is -2.47. The van der Waals surface area contributed by atoms with E-state index >= 15 is 0 Å². The average molecular weight is 238 g/mol. The van der Waals surface area contributed by atoms with Crippen molar-refractivity contribution in [1.29, 1.82) is 0 Å². The number of ether oxygens (including phenoxy) is 1. The molecule has 3 nitrogen and oxygen atoms in total. The van der Waals surface area contributed by atoms with Gasteiger partial charge in [-0.25, -0.2) is 4.39 Å². The van der Waals surface area contributed by atoms with Crippen LogP contribution in [0.3, 0.4) is 0 Å². The number of para-hydroxylation sites is 1. The summed E-state index contributed by atoms with van der Waals surface area (Å²) in [6, 6.07) is 5.16. The first-order valence-corrected chi connectivity index (χ1v) is 5.97. The second kappa shape index (κ2) is 4.92. The van der Waals surface area contributed by atoms with Crippen LogP contribution in [0.25, 0.3) is 0 Å². The van der Waals surface area contributed by atoms with Crippen LogP contribution in [0, 0.1) is 5.82 Å². The number of rotatable bonds is 3. The monoisotopic (exact) mass is 238 g/mol. The van der Waals surface area contributed by atoms with Gasteiger partial charge in [-0.1, -0.05) is 6.07 Å². The Balaban J connectivity index is 2.26. The fourth-order valence-corrected chi connectivity index (χ4v) is 2.23. The predicted octanol–water partition coefficient (Wildman–Crippen LogP) is 2.02. The number of benzene rings is 1. The fourth-order valence-electron chi connectivity index (χ4n) is 2.23. The minimum Gasteiger partial charge on any atom is -0.486 e. The van der Waals surface area contributed by atoms with Crippen LogP contribution >= 0.6 is 0 Å². The number of likely N-dealkylation sites (N-methyl/N-ethyl adjacent to an activating group) is 1. The molecule has 0 saturated carbocycles. The number of fused-ring (bicyclic) bond motifs is 1. The number of hydrogen-bond donors (Lipinski definition) is 1. The van der Waals surface area contributed by atoms with Gasteiger partial charge in [0.15, 0.2) is 0 Å². The molecule has 0 bridgehead atoms. The maximum absolute atomic E-state index is 13.7. The molecule has 0 amide bonds. The SMILES string of the molecule is CNCCC1Oc2cccc(F)c2N(C)C1C. The molecule has 0 aliphatic carbocycles. The number of anilines is 1. The van der Waals surface area contributed by atoms with E-state index in [1.807, 2.05) is 25.1 Å². The molecule has 94 valence electrons. The van der Waals surface area contributed by atoms with Gasteiger partial charge in [-0.2, -0.15) is 0 Å². The summed E-state index contributed by atoms with van der Waals surface area (Å²) in [4.78, 5) is 1.97. The minimum atomic E-state index is -0.219. The largest absolute Gasteiger partial charge is 0.486 e. The van der Waals surface area contributed by atoms with E-state index in [-0.39, 0.29) is 18.0 Å². The number of halogens is 1. The third-order valence-electron chi connectivity index (χ3n) is 3.41. The highest BCUT2D eigenvalue weighted by Gasteiger charge is 2.31. The second-order valence-corrected chi connectivity index (χ2v) is 4.49. The lowest BCUT2D eigenvalue weighted by atomic mass is 10.0. The molecule has 0 radical (unpaired) electrons. The maximum atomic E-state index is 13.7. The Bertz CT molecular complexity index is 397. The maximum Gasteiger partial charge on any atom is 0.150 e. The first-order chi connectivity index (χ1) is 8.15. The molecule has 2 atom stereocenters. The summed E-state index contributed by atoms with van der Waals surface area (Å²) >= 11 is 0. The normalized spacial score (nSPS) is 23.2. The Hall–Kier alpha value is -1.29. The van der Waals surface area contributed by atoms with E-state index in [9.17, 15) is 4.39 Å². The van der Waals surface area contributed by atoms with E-state index in [2.05, 4.69) is 12.2 Å². The van der Waals surface area contributed by atoms with Crippen molar-refractivity contribution in [2.45, 2.75) is 25.5 Å². The highest BCUT2D eigenvalue weighted by Crippen LogP contribution is 2.37. The predicted molar refractivity (Wildman–Crippen MR) is 67.2 cm³/mol. The summed E-state index contributed by atoms with van der Waals surface area (Å²) in [5.41, 5.74) is 0.570. The summed E-state index contributed by atoms with van der Waals surface area (Å²) in [5, 5.41) is 3.11. The fraction of sp³-hybridized carbons (Fsp3) is 0.538. The number of nitrogens with zero attached hydrogens (tertiary/aromatic N) is 1. The van der Waals surface area contributed by atoms with E-state index in [0.29, 0.717) is 11.4 Å². The molecule has 0 fully saturated rings. The first kappa shape index (κ1) is 12.2. The second-order valence-electron chi connectivity index (χ2n) is 4.49. The van der Waals surface area contributed by atoms with Gasteiger partial charge < -0.3 is 15.0 Å². The lowest BCUT2D eigenvalue weighted by molar-refractivity contribution is 0.150. The van der Waals surface area contributed by atoms with Crippen molar-refractivity contribution in [3.05, 3.63) is 24.0 Å². The average Bonchev–Trinajstić information content (AvgIpc) is 2.32. The molecule has 0 saturated heterocycles. The Morgan fingerprint density at radius 2 is 2.24 bits per heavy atom. The minimum absolute atomic E-state index is 0.0988. The van der Waals surface area contributed by atoms with Gasteiger partial charge in [0.2, 0.25) is 0 Å². The van der Waals surface area contributed by atoms with Gasteiger partial charge in [0.1, 0.15) is 23.4 Å². The van der Waals surface area contributed by atoms with E-state index < -0.39 is 0 Å². The van der Waals surface area contributed by atoms with Crippen LogP contribution in [0.2, 0.25) is 0 Å². The number of nitrogens with one attached hydrogen (secondary N) is 1. The molecule has 1 aliphatic rings. The van der Waals surface area contributed by atoms with Crippen molar-refractivity contribution >= 4 is 5.69 Å². The van der Waals surface area contributed by atoms with Gasteiger partial charge >= 0.3 is 0 Å². The summed E-state index contributed by atoms with van der Waals surface area (Å²) in [6.45, 7) is 2.96. The Labute approximate surface area is 102 Å². The Morgan fingerprint density at radius 3 is 2.94 bits per heavy atom. The van der Waals surface area contributed by atoms with E-state index in [4.69, 9.17) is 4.74 Å². The molecule has 0 aromatic heterocycles. The summed E-state index contributed by atoms with van der Waals surface area (Å²) in [7, 11) is 3.84.